The lowest BCUT2D eigenvalue weighted by atomic mass is 10.1. The fraction of sp³-hybridized carbons (Fsp3) is 0.412. The highest BCUT2D eigenvalue weighted by atomic mass is 16.1. The third-order valence-electron chi connectivity index (χ3n) is 4.81. The Balaban J connectivity index is 1.96. The second kappa shape index (κ2) is 4.20. The maximum atomic E-state index is 12.7. The van der Waals surface area contributed by atoms with Gasteiger partial charge in [-0.3, -0.25) is 9.36 Å². The Hall–Kier alpha value is -2.10. The van der Waals surface area contributed by atoms with E-state index >= 15 is 0 Å². The zero-order valence-corrected chi connectivity index (χ0v) is 12.5. The van der Waals surface area contributed by atoms with Gasteiger partial charge in [0.2, 0.25) is 5.95 Å². The summed E-state index contributed by atoms with van der Waals surface area (Å²) in [5.74, 6) is 2.43. The Morgan fingerprint density at radius 3 is 2.71 bits per heavy atom. The lowest BCUT2D eigenvalue weighted by Gasteiger charge is -2.22. The van der Waals surface area contributed by atoms with Crippen molar-refractivity contribution in [3.8, 4) is 0 Å². The summed E-state index contributed by atoms with van der Waals surface area (Å²) in [7, 11) is 1.82. The molecule has 0 amide bonds. The fourth-order valence-corrected chi connectivity index (χ4v) is 3.54. The van der Waals surface area contributed by atoms with Gasteiger partial charge in [0.15, 0.2) is 0 Å². The van der Waals surface area contributed by atoms with Gasteiger partial charge in [-0.25, -0.2) is 4.98 Å². The average Bonchev–Trinajstić information content (AvgIpc) is 3.08. The molecule has 0 N–H and O–H groups in total. The molecular formula is C17H19N3O. The largest absolute Gasteiger partial charge is 0.342 e. The Kier molecular flexibility index (Phi) is 2.52. The molecule has 2 atom stereocenters. The zero-order valence-electron chi connectivity index (χ0n) is 12.5. The van der Waals surface area contributed by atoms with E-state index in [0.717, 1.165) is 47.5 Å². The van der Waals surface area contributed by atoms with Crippen LogP contribution in [0, 0.1) is 18.8 Å². The van der Waals surface area contributed by atoms with Crippen molar-refractivity contribution in [3.05, 3.63) is 40.2 Å². The molecule has 1 aliphatic carbocycles. The number of aryl methyl sites for hydroxylation is 1. The van der Waals surface area contributed by atoms with E-state index in [-0.39, 0.29) is 5.56 Å². The van der Waals surface area contributed by atoms with E-state index in [4.69, 9.17) is 4.98 Å². The number of nitrogens with zero attached hydrogens (tertiary/aromatic N) is 3. The molecule has 0 spiro atoms. The van der Waals surface area contributed by atoms with Crippen LogP contribution < -0.4 is 10.5 Å². The van der Waals surface area contributed by atoms with Crippen LogP contribution in [-0.4, -0.2) is 22.6 Å². The van der Waals surface area contributed by atoms with Gasteiger partial charge in [0.05, 0.1) is 10.9 Å². The molecule has 2 heterocycles. The van der Waals surface area contributed by atoms with Crippen LogP contribution in [0.2, 0.25) is 0 Å². The first kappa shape index (κ1) is 12.6. The van der Waals surface area contributed by atoms with E-state index in [9.17, 15) is 4.79 Å². The van der Waals surface area contributed by atoms with Crippen molar-refractivity contribution < 1.29 is 0 Å². The summed E-state index contributed by atoms with van der Waals surface area (Å²) in [6, 6.07) is 3.95. The van der Waals surface area contributed by atoms with E-state index in [1.807, 2.05) is 26.1 Å². The minimum atomic E-state index is 0.0300. The first-order valence-corrected chi connectivity index (χ1v) is 7.47. The summed E-state index contributed by atoms with van der Waals surface area (Å²) >= 11 is 0. The molecule has 2 unspecified atom stereocenters. The summed E-state index contributed by atoms with van der Waals surface area (Å²) in [5.41, 5.74) is 2.80. The number of hydrogen-bond acceptors (Lipinski definition) is 3. The topological polar surface area (TPSA) is 38.1 Å². The van der Waals surface area contributed by atoms with Gasteiger partial charge in [-0.1, -0.05) is 12.7 Å². The standard InChI is InChI=1S/C17H19N3O/c1-4-11-5-10(2)6-14-15(11)18-17(19(3)16(14)21)20-8-12-7-13(12)9-20/h4-6,12-13H,1,7-9H2,2-3H3. The van der Waals surface area contributed by atoms with E-state index in [0.29, 0.717) is 5.39 Å². The molecule has 0 bridgehead atoms. The Labute approximate surface area is 123 Å². The Bertz CT molecular complexity index is 811. The van der Waals surface area contributed by atoms with E-state index < -0.39 is 0 Å². The predicted molar refractivity (Wildman–Crippen MR) is 85.6 cm³/mol. The van der Waals surface area contributed by atoms with Crippen molar-refractivity contribution in [1.82, 2.24) is 9.55 Å². The molecule has 1 saturated heterocycles. The molecule has 1 aromatic heterocycles. The SMILES string of the molecule is C=Cc1cc(C)cc2c(=O)n(C)c(N3CC4CC4C3)nc12. The smallest absolute Gasteiger partial charge is 0.262 e. The molecule has 2 aliphatic rings. The molecule has 21 heavy (non-hydrogen) atoms. The zero-order chi connectivity index (χ0) is 14.7. The van der Waals surface area contributed by atoms with E-state index in [1.165, 1.54) is 6.42 Å². The molecule has 2 aromatic rings. The first-order chi connectivity index (χ1) is 10.1. The summed E-state index contributed by atoms with van der Waals surface area (Å²) < 4.78 is 1.69. The minimum absolute atomic E-state index is 0.0300. The van der Waals surface area contributed by atoms with Gasteiger partial charge >= 0.3 is 0 Å². The highest BCUT2D eigenvalue weighted by molar-refractivity contribution is 5.88. The second-order valence-electron chi connectivity index (χ2n) is 6.39. The van der Waals surface area contributed by atoms with Crippen LogP contribution in [0.4, 0.5) is 5.95 Å². The van der Waals surface area contributed by atoms with Crippen LogP contribution in [0.1, 0.15) is 17.5 Å². The number of rotatable bonds is 2. The van der Waals surface area contributed by atoms with Crippen molar-refractivity contribution in [1.29, 1.82) is 0 Å². The average molecular weight is 281 g/mol. The fourth-order valence-electron chi connectivity index (χ4n) is 3.54. The van der Waals surface area contributed by atoms with Crippen molar-refractivity contribution in [3.63, 3.8) is 0 Å². The summed E-state index contributed by atoms with van der Waals surface area (Å²) in [4.78, 5) is 19.7. The summed E-state index contributed by atoms with van der Waals surface area (Å²) in [5, 5.41) is 0.681. The molecule has 0 radical (unpaired) electrons. The number of piperidine rings is 1. The van der Waals surface area contributed by atoms with E-state index in [1.54, 1.807) is 10.6 Å². The molecule has 2 fully saturated rings. The predicted octanol–water partition coefficient (Wildman–Crippen LogP) is 2.34. The van der Waals surface area contributed by atoms with Crippen LogP contribution in [0.3, 0.4) is 0 Å². The number of anilines is 1. The first-order valence-electron chi connectivity index (χ1n) is 7.47. The molecule has 108 valence electrons. The van der Waals surface area contributed by atoms with Gasteiger partial charge in [0, 0.05) is 25.7 Å². The lowest BCUT2D eigenvalue weighted by molar-refractivity contribution is 0.730. The van der Waals surface area contributed by atoms with Gasteiger partial charge in [0.1, 0.15) is 0 Å². The van der Waals surface area contributed by atoms with Gasteiger partial charge < -0.3 is 4.90 Å². The van der Waals surface area contributed by atoms with Crippen molar-refractivity contribution >= 4 is 22.9 Å². The molecule has 1 saturated carbocycles. The van der Waals surface area contributed by atoms with Gasteiger partial charge in [-0.2, -0.15) is 0 Å². The number of fused-ring (bicyclic) bond motifs is 2. The van der Waals surface area contributed by atoms with Crippen LogP contribution in [0.5, 0.6) is 0 Å². The number of aromatic nitrogens is 2. The number of benzene rings is 1. The minimum Gasteiger partial charge on any atom is -0.342 e. The monoisotopic (exact) mass is 281 g/mol. The van der Waals surface area contributed by atoms with Gasteiger partial charge in [-0.15, -0.1) is 0 Å². The van der Waals surface area contributed by atoms with E-state index in [2.05, 4.69) is 11.5 Å². The maximum absolute atomic E-state index is 12.7. The van der Waals surface area contributed by atoms with Crippen LogP contribution in [-0.2, 0) is 7.05 Å². The third-order valence-corrected chi connectivity index (χ3v) is 4.81. The summed E-state index contributed by atoms with van der Waals surface area (Å²) in [6.07, 6.45) is 3.13. The number of hydrogen-bond donors (Lipinski definition) is 0. The summed E-state index contributed by atoms with van der Waals surface area (Å²) in [6.45, 7) is 7.92. The quantitative estimate of drug-likeness (QED) is 0.848. The molecule has 4 rings (SSSR count). The maximum Gasteiger partial charge on any atom is 0.262 e. The van der Waals surface area contributed by atoms with Crippen molar-refractivity contribution in [2.45, 2.75) is 13.3 Å². The lowest BCUT2D eigenvalue weighted by Crippen LogP contribution is -2.31. The molecule has 1 aromatic carbocycles. The van der Waals surface area contributed by atoms with Crippen LogP contribution in [0.25, 0.3) is 17.0 Å². The van der Waals surface area contributed by atoms with Crippen LogP contribution >= 0.6 is 0 Å². The molecule has 4 nitrogen and oxygen atoms in total. The van der Waals surface area contributed by atoms with Gasteiger partial charge in [-0.05, 0) is 42.9 Å². The Morgan fingerprint density at radius 2 is 2.05 bits per heavy atom. The van der Waals surface area contributed by atoms with Crippen LogP contribution in [0.15, 0.2) is 23.5 Å². The molecule has 4 heteroatoms. The highest BCUT2D eigenvalue weighted by Gasteiger charge is 2.46. The van der Waals surface area contributed by atoms with Crippen molar-refractivity contribution in [2.24, 2.45) is 18.9 Å². The normalized spacial score (nSPS) is 23.4. The molecule has 1 aliphatic heterocycles. The Morgan fingerprint density at radius 1 is 1.33 bits per heavy atom. The highest BCUT2D eigenvalue weighted by Crippen LogP contribution is 2.45. The third kappa shape index (κ3) is 1.82. The molecular weight excluding hydrogens is 262 g/mol. The van der Waals surface area contributed by atoms with Crippen molar-refractivity contribution in [2.75, 3.05) is 18.0 Å². The van der Waals surface area contributed by atoms with Gasteiger partial charge in [0.25, 0.3) is 5.56 Å². The second-order valence-corrected chi connectivity index (χ2v) is 6.39.